The molecule has 1 N–H and O–H groups in total. The number of aliphatic carboxylic acids is 1. The maximum absolute atomic E-state index is 11.3. The molecule has 4 nitrogen and oxygen atoms in total. The van der Waals surface area contributed by atoms with E-state index in [-0.39, 0.29) is 0 Å². The summed E-state index contributed by atoms with van der Waals surface area (Å²) in [7, 11) is 0. The van der Waals surface area contributed by atoms with Gasteiger partial charge in [-0.25, -0.2) is 0 Å². The molecule has 1 rings (SSSR count). The van der Waals surface area contributed by atoms with E-state index in [2.05, 4.69) is 27.7 Å². The molecule has 0 spiro atoms. The second kappa shape index (κ2) is 21.2. The summed E-state index contributed by atoms with van der Waals surface area (Å²) in [6.45, 7) is 23.1. The number of carbonyl (C=O) groups is 2. The summed E-state index contributed by atoms with van der Waals surface area (Å²) >= 11 is 0. The van der Waals surface area contributed by atoms with Crippen LogP contribution in [0.15, 0.2) is 0 Å². The second-order valence-corrected chi connectivity index (χ2v) is 7.97. The summed E-state index contributed by atoms with van der Waals surface area (Å²) in [5, 5.41) is 8.88. The van der Waals surface area contributed by atoms with Crippen molar-refractivity contribution in [2.75, 3.05) is 6.61 Å². The predicted molar refractivity (Wildman–Crippen MR) is 130 cm³/mol. The molecule has 6 atom stereocenters. The fraction of sp³-hybridized carbons (Fsp3) is 0.923. The quantitative estimate of drug-likeness (QED) is 0.378. The Morgan fingerprint density at radius 1 is 1.00 bits per heavy atom. The van der Waals surface area contributed by atoms with Gasteiger partial charge < -0.3 is 9.84 Å². The number of hydrogen-bond donors (Lipinski definition) is 1. The molecular weight excluding hydrogens is 376 g/mol. The lowest BCUT2D eigenvalue weighted by Gasteiger charge is -2.20. The largest absolute Gasteiger partial charge is 0.481 e. The Balaban J connectivity index is -0.000000419. The van der Waals surface area contributed by atoms with Gasteiger partial charge in [0.2, 0.25) is 0 Å². The highest BCUT2D eigenvalue weighted by atomic mass is 16.5. The maximum Gasteiger partial charge on any atom is 0.309 e. The van der Waals surface area contributed by atoms with Crippen molar-refractivity contribution < 1.29 is 19.4 Å². The first-order valence-corrected chi connectivity index (χ1v) is 12.6. The summed E-state index contributed by atoms with van der Waals surface area (Å²) < 4.78 is 4.78. The molecule has 1 fully saturated rings. The number of carbonyl (C=O) groups excluding carboxylic acids is 1. The van der Waals surface area contributed by atoms with Gasteiger partial charge in [0.25, 0.3) is 0 Å². The average Bonchev–Trinajstić information content (AvgIpc) is 3.02. The first-order valence-electron chi connectivity index (χ1n) is 12.6. The highest BCUT2D eigenvalue weighted by Crippen LogP contribution is 2.44. The monoisotopic (exact) mass is 430 g/mol. The van der Waals surface area contributed by atoms with Crippen molar-refractivity contribution >= 4 is 11.9 Å². The van der Waals surface area contributed by atoms with E-state index in [4.69, 9.17) is 9.84 Å². The van der Waals surface area contributed by atoms with E-state index in [0.717, 1.165) is 30.1 Å². The molecule has 30 heavy (non-hydrogen) atoms. The SMILES string of the molecule is CC.CC.CCCC(C(=O)O)C(C)C(=O)OCC.CCCC1C(C)CC(CC)C1C. The van der Waals surface area contributed by atoms with Crippen molar-refractivity contribution in [1.29, 1.82) is 0 Å². The van der Waals surface area contributed by atoms with Crippen molar-refractivity contribution in [3.05, 3.63) is 0 Å². The molecular formula is C26H54O4. The van der Waals surface area contributed by atoms with Crippen molar-refractivity contribution in [3.63, 3.8) is 0 Å². The third-order valence-corrected chi connectivity index (χ3v) is 6.15. The molecule has 1 aliphatic carbocycles. The summed E-state index contributed by atoms with van der Waals surface area (Å²) in [6, 6.07) is 0. The number of carboxylic acid groups (broad SMARTS) is 1. The predicted octanol–water partition coefficient (Wildman–Crippen LogP) is 7.84. The molecule has 0 aromatic carbocycles. The van der Waals surface area contributed by atoms with Gasteiger partial charge in [-0.2, -0.15) is 0 Å². The van der Waals surface area contributed by atoms with Crippen molar-refractivity contribution in [1.82, 2.24) is 0 Å². The summed E-state index contributed by atoms with van der Waals surface area (Å²) in [6.07, 6.45) is 6.97. The van der Waals surface area contributed by atoms with E-state index in [1.807, 2.05) is 34.6 Å². The fourth-order valence-electron chi connectivity index (χ4n) is 4.49. The van der Waals surface area contributed by atoms with Crippen LogP contribution < -0.4 is 0 Å². The van der Waals surface area contributed by atoms with Crippen LogP contribution in [0.3, 0.4) is 0 Å². The smallest absolute Gasteiger partial charge is 0.309 e. The van der Waals surface area contributed by atoms with Gasteiger partial charge >= 0.3 is 11.9 Å². The zero-order valence-electron chi connectivity index (χ0n) is 22.1. The minimum Gasteiger partial charge on any atom is -0.481 e. The van der Waals surface area contributed by atoms with Gasteiger partial charge in [0.05, 0.1) is 18.4 Å². The Morgan fingerprint density at radius 2 is 1.53 bits per heavy atom. The standard InChI is InChI=1S/C12H24.C10H18O4.2C2H6/c1-5-7-12-9(3)8-11(6-2)10(12)4;1-4-6-8(9(11)12)7(3)10(13)14-5-2;2*1-2/h9-12H,5-8H2,1-4H3;7-8H,4-6H2,1-3H3,(H,11,12);2*1-2H3. The molecule has 0 radical (unpaired) electrons. The average molecular weight is 431 g/mol. The van der Waals surface area contributed by atoms with Crippen LogP contribution in [-0.4, -0.2) is 23.7 Å². The van der Waals surface area contributed by atoms with Crippen LogP contribution in [0.25, 0.3) is 0 Å². The van der Waals surface area contributed by atoms with Crippen LogP contribution >= 0.6 is 0 Å². The molecule has 0 aromatic heterocycles. The fourth-order valence-corrected chi connectivity index (χ4v) is 4.49. The Labute approximate surface area is 188 Å². The summed E-state index contributed by atoms with van der Waals surface area (Å²) in [5.74, 6) is 1.50. The third-order valence-electron chi connectivity index (χ3n) is 6.15. The van der Waals surface area contributed by atoms with E-state index >= 15 is 0 Å². The van der Waals surface area contributed by atoms with Gasteiger partial charge in [-0.1, -0.05) is 94.9 Å². The number of esters is 1. The lowest BCUT2D eigenvalue weighted by Crippen LogP contribution is -2.29. The number of rotatable bonds is 9. The zero-order valence-corrected chi connectivity index (χ0v) is 22.1. The van der Waals surface area contributed by atoms with Crippen LogP contribution in [0.2, 0.25) is 0 Å². The van der Waals surface area contributed by atoms with Crippen molar-refractivity contribution in [2.24, 2.45) is 35.5 Å². The van der Waals surface area contributed by atoms with E-state index in [1.165, 1.54) is 25.7 Å². The molecule has 0 bridgehead atoms. The molecule has 0 heterocycles. The van der Waals surface area contributed by atoms with E-state index in [1.54, 1.807) is 13.8 Å². The Bertz CT molecular complexity index is 408. The highest BCUT2D eigenvalue weighted by molar-refractivity contribution is 5.80. The van der Waals surface area contributed by atoms with Crippen LogP contribution in [0.1, 0.15) is 115 Å². The minimum atomic E-state index is -0.924. The lowest BCUT2D eigenvalue weighted by atomic mass is 9.85. The van der Waals surface area contributed by atoms with Crippen LogP contribution in [0.5, 0.6) is 0 Å². The minimum absolute atomic E-state index is 0.293. The normalized spacial score (nSPS) is 24.0. The van der Waals surface area contributed by atoms with Gasteiger partial charge in [-0.3, -0.25) is 9.59 Å². The molecule has 182 valence electrons. The molecule has 0 aliphatic heterocycles. The zero-order chi connectivity index (χ0) is 24.3. The van der Waals surface area contributed by atoms with E-state index in [0.29, 0.717) is 13.0 Å². The van der Waals surface area contributed by atoms with Gasteiger partial charge in [-0.15, -0.1) is 0 Å². The Morgan fingerprint density at radius 3 is 1.87 bits per heavy atom. The molecule has 0 saturated heterocycles. The third kappa shape index (κ3) is 12.6. The van der Waals surface area contributed by atoms with Crippen LogP contribution in [0.4, 0.5) is 0 Å². The van der Waals surface area contributed by atoms with E-state index in [9.17, 15) is 9.59 Å². The Hall–Kier alpha value is -1.06. The Kier molecular flexibility index (Phi) is 23.7. The maximum atomic E-state index is 11.3. The van der Waals surface area contributed by atoms with Crippen LogP contribution in [-0.2, 0) is 14.3 Å². The molecule has 0 aromatic rings. The topological polar surface area (TPSA) is 63.6 Å². The number of hydrogen-bond acceptors (Lipinski definition) is 3. The van der Waals surface area contributed by atoms with Crippen LogP contribution in [0, 0.1) is 35.5 Å². The second-order valence-electron chi connectivity index (χ2n) is 7.97. The molecule has 0 amide bonds. The molecule has 4 heteroatoms. The van der Waals surface area contributed by atoms with Gasteiger partial charge in [0, 0.05) is 0 Å². The highest BCUT2D eigenvalue weighted by Gasteiger charge is 2.36. The molecule has 6 unspecified atom stereocenters. The molecule has 1 aliphatic rings. The number of ether oxygens (including phenoxy) is 1. The summed E-state index contributed by atoms with van der Waals surface area (Å²) in [4.78, 5) is 22.1. The number of carboxylic acids is 1. The van der Waals surface area contributed by atoms with E-state index < -0.39 is 23.8 Å². The van der Waals surface area contributed by atoms with Crippen molar-refractivity contribution in [3.8, 4) is 0 Å². The van der Waals surface area contributed by atoms with Gasteiger partial charge in [0.1, 0.15) is 0 Å². The first kappa shape index (κ1) is 33.6. The molecule has 1 saturated carbocycles. The summed E-state index contributed by atoms with van der Waals surface area (Å²) in [5.41, 5.74) is 0. The van der Waals surface area contributed by atoms with Gasteiger partial charge in [0.15, 0.2) is 0 Å². The van der Waals surface area contributed by atoms with Crippen molar-refractivity contribution in [2.45, 2.75) is 115 Å². The van der Waals surface area contributed by atoms with Gasteiger partial charge in [-0.05, 0) is 43.4 Å². The first-order chi connectivity index (χ1) is 14.2. The lowest BCUT2D eigenvalue weighted by molar-refractivity contribution is -0.156.